The minimum Gasteiger partial charge on any atom is -0.378 e. The summed E-state index contributed by atoms with van der Waals surface area (Å²) < 4.78 is 51.9. The Balaban J connectivity index is 0.917. The molecule has 4 amide bonds. The first-order valence-electron chi connectivity index (χ1n) is 17.2. The summed E-state index contributed by atoms with van der Waals surface area (Å²) in [4.78, 5) is 60.5. The molecule has 3 saturated heterocycles. The zero-order chi connectivity index (χ0) is 36.1. The van der Waals surface area contributed by atoms with Crippen molar-refractivity contribution in [1.29, 1.82) is 0 Å². The van der Waals surface area contributed by atoms with Crippen LogP contribution in [0.5, 0.6) is 0 Å². The van der Waals surface area contributed by atoms with Gasteiger partial charge in [-0.15, -0.1) is 0 Å². The number of imide groups is 1. The van der Waals surface area contributed by atoms with Gasteiger partial charge in [-0.1, -0.05) is 6.07 Å². The van der Waals surface area contributed by atoms with E-state index in [0.29, 0.717) is 81.4 Å². The van der Waals surface area contributed by atoms with Crippen molar-refractivity contribution in [2.24, 2.45) is 0 Å². The number of likely N-dealkylation sites (tertiary alicyclic amines) is 1. The Morgan fingerprint density at radius 1 is 1.08 bits per heavy atom. The van der Waals surface area contributed by atoms with Crippen molar-refractivity contribution in [1.82, 2.24) is 39.5 Å². The molecule has 1 unspecified atom stereocenters. The highest BCUT2D eigenvalue weighted by atomic mass is 19.3. The standard InChI is InChI=1S/C34H35F3N10O5/c35-23-14-19(13-20-17-45(34(51)28(20)23)25-1-2-27(48)41-33(25)50)16-43-6-3-21(4-7-43)47-18-24(29(42-47)30(36)37)39-32(49)22-15-38-46-8-5-26(40-31(22)46)44-9-11-52-12-10-44/h5,8,13-15,18,21,25,30H,1-4,6-7,9-12,16-17H2,(H,39,49)(H,41,48,50). The summed E-state index contributed by atoms with van der Waals surface area (Å²) in [7, 11) is 0. The molecule has 3 fully saturated rings. The summed E-state index contributed by atoms with van der Waals surface area (Å²) in [5.74, 6) is -2.17. The molecule has 7 heterocycles. The highest BCUT2D eigenvalue weighted by Crippen LogP contribution is 2.33. The summed E-state index contributed by atoms with van der Waals surface area (Å²) in [5, 5.41) is 13.2. The predicted molar refractivity (Wildman–Crippen MR) is 177 cm³/mol. The Morgan fingerprint density at radius 3 is 2.62 bits per heavy atom. The molecule has 0 aliphatic carbocycles. The number of anilines is 2. The lowest BCUT2D eigenvalue weighted by atomic mass is 10.0. The number of ether oxygens (including phenoxy) is 1. The van der Waals surface area contributed by atoms with E-state index in [1.54, 1.807) is 18.3 Å². The van der Waals surface area contributed by atoms with Gasteiger partial charge in [-0.25, -0.2) is 22.7 Å². The molecular weight excluding hydrogens is 685 g/mol. The van der Waals surface area contributed by atoms with Crippen LogP contribution in [0.1, 0.15) is 75.7 Å². The number of morpholine rings is 1. The van der Waals surface area contributed by atoms with Crippen LogP contribution in [0, 0.1) is 5.82 Å². The van der Waals surface area contributed by atoms with E-state index < -0.39 is 47.6 Å². The fourth-order valence-corrected chi connectivity index (χ4v) is 7.44. The number of aromatic nitrogens is 5. The van der Waals surface area contributed by atoms with E-state index in [1.807, 2.05) is 4.90 Å². The van der Waals surface area contributed by atoms with Crippen LogP contribution in [-0.2, 0) is 27.4 Å². The first-order chi connectivity index (χ1) is 25.1. The zero-order valence-electron chi connectivity index (χ0n) is 27.9. The third-order valence-electron chi connectivity index (χ3n) is 10.1. The molecule has 52 heavy (non-hydrogen) atoms. The summed E-state index contributed by atoms with van der Waals surface area (Å²) in [6.07, 6.45) is 2.96. The van der Waals surface area contributed by atoms with Crippen LogP contribution in [0.15, 0.2) is 36.8 Å². The van der Waals surface area contributed by atoms with Crippen LogP contribution in [0.3, 0.4) is 0 Å². The average molecular weight is 721 g/mol. The third-order valence-corrected chi connectivity index (χ3v) is 10.1. The van der Waals surface area contributed by atoms with Gasteiger partial charge in [0.1, 0.15) is 23.2 Å². The Kier molecular flexibility index (Phi) is 8.86. The fourth-order valence-electron chi connectivity index (χ4n) is 7.44. The number of hydrogen-bond donors (Lipinski definition) is 2. The van der Waals surface area contributed by atoms with Gasteiger partial charge < -0.3 is 19.9 Å². The summed E-state index contributed by atoms with van der Waals surface area (Å²) >= 11 is 0. The second-order valence-corrected chi connectivity index (χ2v) is 13.4. The van der Waals surface area contributed by atoms with Crippen molar-refractivity contribution < 1.29 is 37.1 Å². The molecule has 1 aromatic carbocycles. The Bertz CT molecular complexity index is 2070. The maximum Gasteiger partial charge on any atom is 0.284 e. The van der Waals surface area contributed by atoms with Crippen LogP contribution in [0.4, 0.5) is 24.7 Å². The summed E-state index contributed by atoms with van der Waals surface area (Å²) in [6, 6.07) is 3.84. The van der Waals surface area contributed by atoms with Gasteiger partial charge in [0.05, 0.1) is 36.7 Å². The van der Waals surface area contributed by atoms with Gasteiger partial charge in [0.15, 0.2) is 11.3 Å². The van der Waals surface area contributed by atoms with Gasteiger partial charge in [-0.2, -0.15) is 10.2 Å². The fraction of sp³-hybridized carbons (Fsp3) is 0.441. The van der Waals surface area contributed by atoms with Crippen LogP contribution in [-0.4, -0.2) is 103 Å². The van der Waals surface area contributed by atoms with Crippen molar-refractivity contribution >= 4 is 40.8 Å². The van der Waals surface area contributed by atoms with Crippen molar-refractivity contribution in [3.05, 3.63) is 70.6 Å². The molecule has 0 spiro atoms. The smallest absolute Gasteiger partial charge is 0.284 e. The zero-order valence-corrected chi connectivity index (χ0v) is 27.9. The molecule has 4 aliphatic heterocycles. The molecule has 0 saturated carbocycles. The van der Waals surface area contributed by atoms with E-state index >= 15 is 4.39 Å². The van der Waals surface area contributed by atoms with Crippen LogP contribution < -0.4 is 15.5 Å². The minimum atomic E-state index is -2.93. The number of amides is 4. The number of nitrogens with one attached hydrogen (secondary N) is 2. The van der Waals surface area contributed by atoms with Gasteiger partial charge in [0.25, 0.3) is 18.2 Å². The molecule has 0 radical (unpaired) electrons. The number of carbonyl (C=O) groups is 4. The number of benzene rings is 1. The van der Waals surface area contributed by atoms with Crippen molar-refractivity contribution in [3.8, 4) is 0 Å². The number of alkyl halides is 2. The topological polar surface area (TPSA) is 159 Å². The van der Waals surface area contributed by atoms with Crippen molar-refractivity contribution in [2.45, 2.75) is 57.3 Å². The predicted octanol–water partition coefficient (Wildman–Crippen LogP) is 2.69. The molecule has 272 valence electrons. The van der Waals surface area contributed by atoms with E-state index in [0.717, 1.165) is 0 Å². The second kappa shape index (κ2) is 13.6. The molecule has 1 atom stereocenters. The van der Waals surface area contributed by atoms with Gasteiger partial charge in [0, 0.05) is 58.1 Å². The van der Waals surface area contributed by atoms with Gasteiger partial charge in [-0.3, -0.25) is 34.1 Å². The van der Waals surface area contributed by atoms with Gasteiger partial charge in [-0.05, 0) is 42.5 Å². The first-order valence-corrected chi connectivity index (χ1v) is 17.2. The van der Waals surface area contributed by atoms with Gasteiger partial charge in [0.2, 0.25) is 11.8 Å². The molecule has 18 heteroatoms. The highest BCUT2D eigenvalue weighted by Gasteiger charge is 2.40. The number of piperidine rings is 2. The molecule has 8 rings (SSSR count). The molecule has 3 aromatic heterocycles. The van der Waals surface area contributed by atoms with E-state index in [2.05, 4.69) is 30.7 Å². The molecule has 4 aromatic rings. The van der Waals surface area contributed by atoms with Crippen LogP contribution in [0.2, 0.25) is 0 Å². The first kappa shape index (κ1) is 33.8. The van der Waals surface area contributed by atoms with Crippen LogP contribution >= 0.6 is 0 Å². The molecule has 0 bridgehead atoms. The van der Waals surface area contributed by atoms with Crippen molar-refractivity contribution in [2.75, 3.05) is 49.6 Å². The monoisotopic (exact) mass is 720 g/mol. The quantitative estimate of drug-likeness (QED) is 0.259. The van der Waals surface area contributed by atoms with Gasteiger partial charge >= 0.3 is 0 Å². The Morgan fingerprint density at radius 2 is 1.87 bits per heavy atom. The lowest BCUT2D eigenvalue weighted by Gasteiger charge is -2.32. The second-order valence-electron chi connectivity index (χ2n) is 13.4. The number of fused-ring (bicyclic) bond motifs is 2. The largest absolute Gasteiger partial charge is 0.378 e. The normalized spacial score (nSPS) is 20.2. The minimum absolute atomic E-state index is 0.0563. The third kappa shape index (κ3) is 6.36. The number of carbonyl (C=O) groups excluding carboxylic acids is 4. The van der Waals surface area contributed by atoms with E-state index in [9.17, 15) is 28.0 Å². The Hall–Kier alpha value is -5.36. The maximum absolute atomic E-state index is 15.3. The maximum atomic E-state index is 15.3. The molecular formula is C34H35F3N10O5. The Labute approximate surface area is 294 Å². The lowest BCUT2D eigenvalue weighted by Crippen LogP contribution is -2.52. The SMILES string of the molecule is O=C1CCC(N2Cc3cc(CN4CCC(n5cc(NC(=O)c6cnn7ccc(N8CCOCC8)nc67)c(C(F)F)n5)CC4)cc(F)c3C2=O)C(=O)N1. The summed E-state index contributed by atoms with van der Waals surface area (Å²) in [5.41, 5.74) is 0.885. The summed E-state index contributed by atoms with van der Waals surface area (Å²) in [6.45, 7) is 4.02. The number of halogens is 3. The molecule has 15 nitrogen and oxygen atoms in total. The molecule has 4 aliphatic rings. The number of nitrogens with zero attached hydrogens (tertiary/aromatic N) is 8. The van der Waals surface area contributed by atoms with Crippen LogP contribution in [0.25, 0.3) is 5.65 Å². The van der Waals surface area contributed by atoms with E-state index in [1.165, 1.54) is 32.6 Å². The number of hydrogen-bond acceptors (Lipinski definition) is 10. The highest BCUT2D eigenvalue weighted by molar-refractivity contribution is 6.08. The average Bonchev–Trinajstić information content (AvgIpc) is 3.84. The van der Waals surface area contributed by atoms with E-state index in [-0.39, 0.29) is 42.2 Å². The van der Waals surface area contributed by atoms with E-state index in [4.69, 9.17) is 4.74 Å². The number of rotatable bonds is 8. The lowest BCUT2D eigenvalue weighted by molar-refractivity contribution is -0.136. The van der Waals surface area contributed by atoms with Crippen molar-refractivity contribution in [3.63, 3.8) is 0 Å². The molecule has 2 N–H and O–H groups in total.